The number of pyridine rings is 1. The Hall–Kier alpha value is -1.12. The van der Waals surface area contributed by atoms with Crippen LogP contribution in [0.25, 0.3) is 0 Å². The van der Waals surface area contributed by atoms with Crippen molar-refractivity contribution in [3.8, 4) is 5.75 Å². The lowest BCUT2D eigenvalue weighted by atomic mass is 10.3. The van der Waals surface area contributed by atoms with E-state index in [0.717, 1.165) is 12.8 Å². The molecule has 12 heavy (non-hydrogen) atoms. The number of aromatic nitrogens is 1. The van der Waals surface area contributed by atoms with Crippen LogP contribution in [0.4, 0.5) is 4.39 Å². The standard InChI is InChI=1S/C9H10FNO/c1-6-8(12-7-2-3-7)4-5-9(10)11-6/h4-5,7H,2-3H2,1H3. The number of halogens is 1. The monoisotopic (exact) mass is 167 g/mol. The molecule has 0 radical (unpaired) electrons. The van der Waals surface area contributed by atoms with Gasteiger partial charge in [-0.2, -0.15) is 4.39 Å². The highest BCUT2D eigenvalue weighted by Gasteiger charge is 2.24. The number of ether oxygens (including phenoxy) is 1. The Labute approximate surface area is 70.4 Å². The van der Waals surface area contributed by atoms with Crippen LogP contribution >= 0.6 is 0 Å². The van der Waals surface area contributed by atoms with E-state index in [4.69, 9.17) is 4.74 Å². The number of rotatable bonds is 2. The van der Waals surface area contributed by atoms with E-state index >= 15 is 0 Å². The summed E-state index contributed by atoms with van der Waals surface area (Å²) in [5.74, 6) is 0.259. The first-order chi connectivity index (χ1) is 5.75. The molecule has 0 N–H and O–H groups in total. The molecule has 1 saturated carbocycles. The molecule has 0 unspecified atom stereocenters. The number of hydrogen-bond acceptors (Lipinski definition) is 2. The van der Waals surface area contributed by atoms with Gasteiger partial charge in [0.15, 0.2) is 0 Å². The molecule has 1 fully saturated rings. The molecule has 1 aliphatic carbocycles. The van der Waals surface area contributed by atoms with Crippen LogP contribution in [0.1, 0.15) is 18.5 Å². The lowest BCUT2D eigenvalue weighted by molar-refractivity contribution is 0.298. The zero-order valence-corrected chi connectivity index (χ0v) is 6.88. The lowest BCUT2D eigenvalue weighted by Crippen LogP contribution is -1.99. The average molecular weight is 167 g/mol. The van der Waals surface area contributed by atoms with Crippen LogP contribution in [-0.2, 0) is 0 Å². The Morgan fingerprint density at radius 1 is 1.50 bits per heavy atom. The average Bonchev–Trinajstić information content (AvgIpc) is 2.79. The first kappa shape index (κ1) is 7.53. The van der Waals surface area contributed by atoms with Crippen LogP contribution in [-0.4, -0.2) is 11.1 Å². The van der Waals surface area contributed by atoms with Crippen molar-refractivity contribution < 1.29 is 9.13 Å². The summed E-state index contributed by atoms with van der Waals surface area (Å²) in [6, 6.07) is 2.96. The first-order valence-electron chi connectivity index (χ1n) is 4.05. The van der Waals surface area contributed by atoms with Crippen LogP contribution in [0.2, 0.25) is 0 Å². The second-order valence-corrected chi connectivity index (χ2v) is 3.03. The summed E-state index contributed by atoms with van der Waals surface area (Å²) in [7, 11) is 0. The van der Waals surface area contributed by atoms with Crippen molar-refractivity contribution >= 4 is 0 Å². The van der Waals surface area contributed by atoms with Gasteiger partial charge in [0.1, 0.15) is 5.75 Å². The minimum absolute atomic E-state index is 0.343. The molecule has 1 aromatic rings. The summed E-state index contributed by atoms with van der Waals surface area (Å²) in [6.07, 6.45) is 2.56. The molecule has 1 heterocycles. The van der Waals surface area contributed by atoms with Gasteiger partial charge in [-0.25, -0.2) is 4.98 Å². The quantitative estimate of drug-likeness (QED) is 0.629. The molecule has 64 valence electrons. The first-order valence-corrected chi connectivity index (χ1v) is 4.05. The van der Waals surface area contributed by atoms with E-state index in [1.54, 1.807) is 13.0 Å². The van der Waals surface area contributed by atoms with E-state index < -0.39 is 5.95 Å². The fourth-order valence-corrected chi connectivity index (χ4v) is 1.01. The largest absolute Gasteiger partial charge is 0.489 e. The van der Waals surface area contributed by atoms with Crippen molar-refractivity contribution in [3.63, 3.8) is 0 Å². The maximum Gasteiger partial charge on any atom is 0.213 e. The maximum atomic E-state index is 12.5. The van der Waals surface area contributed by atoms with Crippen molar-refractivity contribution in [2.45, 2.75) is 25.9 Å². The third-order valence-electron chi connectivity index (χ3n) is 1.82. The van der Waals surface area contributed by atoms with E-state index in [-0.39, 0.29) is 0 Å². The molecule has 2 nitrogen and oxygen atoms in total. The van der Waals surface area contributed by atoms with Gasteiger partial charge in [0, 0.05) is 0 Å². The van der Waals surface area contributed by atoms with Gasteiger partial charge < -0.3 is 4.74 Å². The number of aryl methyl sites for hydroxylation is 1. The second-order valence-electron chi connectivity index (χ2n) is 3.03. The molecular weight excluding hydrogens is 157 g/mol. The van der Waals surface area contributed by atoms with Gasteiger partial charge >= 0.3 is 0 Å². The Bertz CT molecular complexity index is 297. The zero-order chi connectivity index (χ0) is 8.55. The van der Waals surface area contributed by atoms with E-state index in [1.165, 1.54) is 6.07 Å². The fraction of sp³-hybridized carbons (Fsp3) is 0.444. The van der Waals surface area contributed by atoms with Gasteiger partial charge in [0.05, 0.1) is 11.8 Å². The SMILES string of the molecule is Cc1nc(F)ccc1OC1CC1. The van der Waals surface area contributed by atoms with Gasteiger partial charge in [-0.05, 0) is 31.9 Å². The zero-order valence-electron chi connectivity index (χ0n) is 6.88. The molecule has 0 amide bonds. The van der Waals surface area contributed by atoms with Crippen molar-refractivity contribution in [2.24, 2.45) is 0 Å². The molecular formula is C9H10FNO. The summed E-state index contributed by atoms with van der Waals surface area (Å²) in [5, 5.41) is 0. The molecule has 0 aliphatic heterocycles. The summed E-state index contributed by atoms with van der Waals surface area (Å²) in [5.41, 5.74) is 0.627. The van der Waals surface area contributed by atoms with Crippen molar-refractivity contribution in [2.75, 3.05) is 0 Å². The van der Waals surface area contributed by atoms with E-state index in [1.807, 2.05) is 0 Å². The third kappa shape index (κ3) is 1.55. The van der Waals surface area contributed by atoms with Gasteiger partial charge in [0.25, 0.3) is 0 Å². The Kier molecular flexibility index (Phi) is 1.71. The van der Waals surface area contributed by atoms with Gasteiger partial charge in [0.2, 0.25) is 5.95 Å². The number of nitrogens with zero attached hydrogens (tertiary/aromatic N) is 1. The molecule has 0 atom stereocenters. The van der Waals surface area contributed by atoms with Gasteiger partial charge in [-0.15, -0.1) is 0 Å². The summed E-state index contributed by atoms with van der Waals surface area (Å²) in [6.45, 7) is 1.75. The normalized spacial score (nSPS) is 16.2. The predicted octanol–water partition coefficient (Wildman–Crippen LogP) is 2.07. The molecule has 0 bridgehead atoms. The molecule has 1 aromatic heterocycles. The highest BCUT2D eigenvalue weighted by atomic mass is 19.1. The smallest absolute Gasteiger partial charge is 0.213 e. The van der Waals surface area contributed by atoms with Crippen molar-refractivity contribution in [1.82, 2.24) is 4.98 Å². The molecule has 3 heteroatoms. The third-order valence-corrected chi connectivity index (χ3v) is 1.82. The fourth-order valence-electron chi connectivity index (χ4n) is 1.01. The topological polar surface area (TPSA) is 22.1 Å². The molecule has 0 saturated heterocycles. The van der Waals surface area contributed by atoms with Gasteiger partial charge in [-0.3, -0.25) is 0 Å². The summed E-state index contributed by atoms with van der Waals surface area (Å²) in [4.78, 5) is 3.66. The van der Waals surface area contributed by atoms with E-state index in [2.05, 4.69) is 4.98 Å². The van der Waals surface area contributed by atoms with Crippen LogP contribution in [0.15, 0.2) is 12.1 Å². The van der Waals surface area contributed by atoms with E-state index in [9.17, 15) is 4.39 Å². The minimum atomic E-state index is -0.448. The maximum absolute atomic E-state index is 12.5. The van der Waals surface area contributed by atoms with Crippen LogP contribution < -0.4 is 4.74 Å². The van der Waals surface area contributed by atoms with Crippen LogP contribution in [0.5, 0.6) is 5.75 Å². The Balaban J connectivity index is 2.18. The van der Waals surface area contributed by atoms with Crippen molar-refractivity contribution in [3.05, 3.63) is 23.8 Å². The minimum Gasteiger partial charge on any atom is -0.489 e. The highest BCUT2D eigenvalue weighted by Crippen LogP contribution is 2.27. The molecule has 2 rings (SSSR count). The van der Waals surface area contributed by atoms with Crippen LogP contribution in [0.3, 0.4) is 0 Å². The van der Waals surface area contributed by atoms with E-state index in [0.29, 0.717) is 17.5 Å². The summed E-state index contributed by atoms with van der Waals surface area (Å²) >= 11 is 0. The van der Waals surface area contributed by atoms with Crippen LogP contribution in [0, 0.1) is 12.9 Å². The number of hydrogen-bond donors (Lipinski definition) is 0. The molecule has 0 spiro atoms. The lowest BCUT2D eigenvalue weighted by Gasteiger charge is -2.05. The second kappa shape index (κ2) is 2.73. The van der Waals surface area contributed by atoms with Crippen molar-refractivity contribution in [1.29, 1.82) is 0 Å². The Morgan fingerprint density at radius 3 is 2.83 bits per heavy atom. The van der Waals surface area contributed by atoms with Gasteiger partial charge in [-0.1, -0.05) is 0 Å². The summed E-state index contributed by atoms with van der Waals surface area (Å²) < 4.78 is 18.0. The Morgan fingerprint density at radius 2 is 2.25 bits per heavy atom. The molecule has 0 aromatic carbocycles. The predicted molar refractivity (Wildman–Crippen MR) is 42.6 cm³/mol. The highest BCUT2D eigenvalue weighted by molar-refractivity contribution is 5.26. The molecule has 1 aliphatic rings.